The largest absolute Gasteiger partial charge is 0.459 e. The molecule has 3 rings (SSSR count). The number of nitrogens with zero attached hydrogens (tertiary/aromatic N) is 3. The molecule has 0 spiro atoms. The number of thiazole rings is 1. The highest BCUT2D eigenvalue weighted by Crippen LogP contribution is 2.30. The predicted octanol–water partition coefficient (Wildman–Crippen LogP) is 3.41. The van der Waals surface area contributed by atoms with Crippen molar-refractivity contribution in [3.05, 3.63) is 47.9 Å². The molecule has 0 unspecified atom stereocenters. The summed E-state index contributed by atoms with van der Waals surface area (Å²) in [6.45, 7) is 3.36. The molecule has 23 heavy (non-hydrogen) atoms. The summed E-state index contributed by atoms with van der Waals surface area (Å²) in [6, 6.07) is 9.52. The van der Waals surface area contributed by atoms with Crippen LogP contribution in [-0.2, 0) is 0 Å². The molecule has 1 aromatic carbocycles. The van der Waals surface area contributed by atoms with Crippen LogP contribution in [0, 0.1) is 6.92 Å². The molecule has 2 heterocycles. The Bertz CT molecular complexity index is 808. The topological polar surface area (TPSA) is 49.6 Å². The van der Waals surface area contributed by atoms with E-state index < -0.39 is 0 Å². The van der Waals surface area contributed by atoms with Gasteiger partial charge in [0.1, 0.15) is 0 Å². The van der Waals surface area contributed by atoms with Crippen molar-refractivity contribution in [1.82, 2.24) is 9.88 Å². The van der Waals surface area contributed by atoms with Crippen molar-refractivity contribution < 1.29 is 9.21 Å². The maximum Gasteiger partial charge on any atom is 0.295 e. The normalized spacial score (nSPS) is 11.3. The van der Waals surface area contributed by atoms with Crippen LogP contribution >= 0.6 is 11.3 Å². The van der Waals surface area contributed by atoms with Crippen molar-refractivity contribution in [2.75, 3.05) is 32.1 Å². The first-order chi connectivity index (χ1) is 11.0. The highest BCUT2D eigenvalue weighted by molar-refractivity contribution is 7.22. The Hall–Kier alpha value is -2.18. The number of hydrogen-bond donors (Lipinski definition) is 0. The molecule has 0 atom stereocenters. The van der Waals surface area contributed by atoms with E-state index in [-0.39, 0.29) is 5.91 Å². The van der Waals surface area contributed by atoms with Gasteiger partial charge in [-0.05, 0) is 50.8 Å². The van der Waals surface area contributed by atoms with Crippen LogP contribution in [0.15, 0.2) is 41.0 Å². The quantitative estimate of drug-likeness (QED) is 0.720. The summed E-state index contributed by atoms with van der Waals surface area (Å²) >= 11 is 1.53. The first kappa shape index (κ1) is 15.7. The Labute approximate surface area is 139 Å². The van der Waals surface area contributed by atoms with Crippen LogP contribution in [0.4, 0.5) is 5.13 Å². The molecule has 5 nitrogen and oxygen atoms in total. The van der Waals surface area contributed by atoms with Crippen LogP contribution in [0.25, 0.3) is 10.2 Å². The number of furan rings is 1. The van der Waals surface area contributed by atoms with E-state index in [1.54, 1.807) is 17.0 Å². The summed E-state index contributed by atoms with van der Waals surface area (Å²) in [5, 5.41) is 0.703. The van der Waals surface area contributed by atoms with Gasteiger partial charge < -0.3 is 9.32 Å². The van der Waals surface area contributed by atoms with E-state index in [1.807, 2.05) is 31.1 Å². The van der Waals surface area contributed by atoms with E-state index >= 15 is 0 Å². The Morgan fingerprint density at radius 3 is 2.78 bits per heavy atom. The standard InChI is InChI=1S/C17H19N3O2S/c1-12-6-7-13-15(11-12)23-17(18-13)20(9-8-19(2)3)16(21)14-5-4-10-22-14/h4-7,10-11H,8-9H2,1-3H3. The molecule has 0 saturated carbocycles. The van der Waals surface area contributed by atoms with E-state index in [0.29, 0.717) is 17.4 Å². The van der Waals surface area contributed by atoms with E-state index in [0.717, 1.165) is 16.8 Å². The minimum absolute atomic E-state index is 0.160. The minimum atomic E-state index is -0.160. The highest BCUT2D eigenvalue weighted by Gasteiger charge is 2.23. The van der Waals surface area contributed by atoms with Gasteiger partial charge in [-0.3, -0.25) is 9.69 Å². The number of hydrogen-bond acceptors (Lipinski definition) is 5. The maximum atomic E-state index is 12.7. The third-order valence-corrected chi connectivity index (χ3v) is 4.55. The first-order valence-corrected chi connectivity index (χ1v) is 8.23. The van der Waals surface area contributed by atoms with Gasteiger partial charge in [-0.15, -0.1) is 0 Å². The predicted molar refractivity (Wildman–Crippen MR) is 93.3 cm³/mol. The van der Waals surface area contributed by atoms with Gasteiger partial charge in [0, 0.05) is 13.1 Å². The zero-order valence-corrected chi connectivity index (χ0v) is 14.3. The smallest absolute Gasteiger partial charge is 0.295 e. The van der Waals surface area contributed by atoms with Crippen LogP contribution in [-0.4, -0.2) is 43.0 Å². The fraction of sp³-hybridized carbons (Fsp3) is 0.294. The molecule has 0 aliphatic rings. The molecule has 3 aromatic rings. The van der Waals surface area contributed by atoms with Gasteiger partial charge in [-0.2, -0.15) is 0 Å². The Kier molecular flexibility index (Phi) is 4.45. The second kappa shape index (κ2) is 6.52. The van der Waals surface area contributed by atoms with Gasteiger partial charge in [0.15, 0.2) is 10.9 Å². The van der Waals surface area contributed by atoms with Gasteiger partial charge in [-0.1, -0.05) is 17.4 Å². The van der Waals surface area contributed by atoms with E-state index in [2.05, 4.69) is 18.0 Å². The maximum absolute atomic E-state index is 12.7. The molecule has 6 heteroatoms. The Balaban J connectivity index is 1.96. The average Bonchev–Trinajstić information content (AvgIpc) is 3.15. The molecule has 1 amide bonds. The van der Waals surface area contributed by atoms with Gasteiger partial charge >= 0.3 is 0 Å². The number of amides is 1. The summed E-state index contributed by atoms with van der Waals surface area (Å²) < 4.78 is 6.36. The van der Waals surface area contributed by atoms with Crippen molar-refractivity contribution >= 4 is 32.6 Å². The molecular weight excluding hydrogens is 310 g/mol. The number of anilines is 1. The van der Waals surface area contributed by atoms with Crippen LogP contribution in [0.5, 0.6) is 0 Å². The van der Waals surface area contributed by atoms with Gasteiger partial charge in [-0.25, -0.2) is 4.98 Å². The van der Waals surface area contributed by atoms with Crippen LogP contribution in [0.3, 0.4) is 0 Å². The number of benzene rings is 1. The van der Waals surface area contributed by atoms with Crippen molar-refractivity contribution in [2.45, 2.75) is 6.92 Å². The lowest BCUT2D eigenvalue weighted by Gasteiger charge is -2.20. The summed E-state index contributed by atoms with van der Waals surface area (Å²) in [5.41, 5.74) is 2.10. The Morgan fingerprint density at radius 2 is 2.09 bits per heavy atom. The van der Waals surface area contributed by atoms with Gasteiger partial charge in [0.2, 0.25) is 0 Å². The number of likely N-dealkylation sites (N-methyl/N-ethyl adjacent to an activating group) is 1. The van der Waals surface area contributed by atoms with Crippen LogP contribution < -0.4 is 4.90 Å². The second-order valence-electron chi connectivity index (χ2n) is 5.70. The number of rotatable bonds is 5. The molecular formula is C17H19N3O2S. The fourth-order valence-electron chi connectivity index (χ4n) is 2.25. The van der Waals surface area contributed by atoms with Crippen molar-refractivity contribution in [3.63, 3.8) is 0 Å². The Morgan fingerprint density at radius 1 is 1.26 bits per heavy atom. The third-order valence-electron chi connectivity index (χ3n) is 3.51. The molecule has 0 saturated heterocycles. The second-order valence-corrected chi connectivity index (χ2v) is 6.71. The monoisotopic (exact) mass is 329 g/mol. The lowest BCUT2D eigenvalue weighted by atomic mass is 10.2. The number of aromatic nitrogens is 1. The summed E-state index contributed by atoms with van der Waals surface area (Å²) in [7, 11) is 3.97. The van der Waals surface area contributed by atoms with Crippen molar-refractivity contribution in [1.29, 1.82) is 0 Å². The third kappa shape index (κ3) is 3.43. The molecule has 0 aliphatic carbocycles. The molecule has 2 aromatic heterocycles. The molecule has 0 fully saturated rings. The number of carbonyl (C=O) groups excluding carboxylic acids is 1. The lowest BCUT2D eigenvalue weighted by Crippen LogP contribution is -2.36. The van der Waals surface area contributed by atoms with Crippen LogP contribution in [0.1, 0.15) is 16.1 Å². The number of carbonyl (C=O) groups is 1. The highest BCUT2D eigenvalue weighted by atomic mass is 32.1. The van der Waals surface area contributed by atoms with Crippen molar-refractivity contribution in [3.8, 4) is 0 Å². The molecule has 0 aliphatic heterocycles. The average molecular weight is 329 g/mol. The molecule has 120 valence electrons. The lowest BCUT2D eigenvalue weighted by molar-refractivity contribution is 0.0958. The van der Waals surface area contributed by atoms with E-state index in [9.17, 15) is 4.79 Å². The zero-order valence-electron chi connectivity index (χ0n) is 13.4. The summed E-state index contributed by atoms with van der Waals surface area (Å²) in [6.07, 6.45) is 1.51. The first-order valence-electron chi connectivity index (χ1n) is 7.42. The molecule has 0 radical (unpaired) electrons. The SMILES string of the molecule is Cc1ccc2nc(N(CCN(C)C)C(=O)c3ccco3)sc2c1. The van der Waals surface area contributed by atoms with E-state index in [1.165, 1.54) is 23.2 Å². The van der Waals surface area contributed by atoms with Gasteiger partial charge in [0.05, 0.1) is 16.5 Å². The zero-order chi connectivity index (χ0) is 16.4. The molecule has 0 N–H and O–H groups in total. The minimum Gasteiger partial charge on any atom is -0.459 e. The van der Waals surface area contributed by atoms with E-state index in [4.69, 9.17) is 4.42 Å². The number of fused-ring (bicyclic) bond motifs is 1. The van der Waals surface area contributed by atoms with Crippen molar-refractivity contribution in [2.24, 2.45) is 0 Å². The summed E-state index contributed by atoms with van der Waals surface area (Å²) in [5.74, 6) is 0.173. The molecule has 0 bridgehead atoms. The van der Waals surface area contributed by atoms with Crippen LogP contribution in [0.2, 0.25) is 0 Å². The fourth-order valence-corrected chi connectivity index (χ4v) is 3.34. The van der Waals surface area contributed by atoms with Gasteiger partial charge in [0.25, 0.3) is 5.91 Å². The summed E-state index contributed by atoms with van der Waals surface area (Å²) in [4.78, 5) is 21.1. The number of aryl methyl sites for hydroxylation is 1.